The van der Waals surface area contributed by atoms with Crippen LogP contribution in [0.1, 0.15) is 11.1 Å². The Hall–Kier alpha value is -5.04. The molecular formula is C28H24FN5O6S. The molecule has 4 aromatic rings. The van der Waals surface area contributed by atoms with Crippen molar-refractivity contribution in [2.24, 2.45) is 10.7 Å². The van der Waals surface area contributed by atoms with E-state index in [0.717, 1.165) is 0 Å². The lowest BCUT2D eigenvalue weighted by Crippen LogP contribution is -2.41. The second-order valence-corrected chi connectivity index (χ2v) is 10.5. The van der Waals surface area contributed by atoms with Crippen molar-refractivity contribution in [3.8, 4) is 28.4 Å². The predicted molar refractivity (Wildman–Crippen MR) is 146 cm³/mol. The van der Waals surface area contributed by atoms with E-state index in [4.69, 9.17) is 19.4 Å². The third-order valence-corrected chi connectivity index (χ3v) is 7.88. The van der Waals surface area contributed by atoms with E-state index in [1.807, 2.05) is 0 Å². The van der Waals surface area contributed by atoms with Gasteiger partial charge in [0.2, 0.25) is 0 Å². The second-order valence-electron chi connectivity index (χ2n) is 8.94. The Kier molecular flexibility index (Phi) is 7.05. The van der Waals surface area contributed by atoms with Crippen LogP contribution in [0.15, 0.2) is 89.3 Å². The number of nitrogens with two attached hydrogens (primary N) is 1. The number of benzene rings is 3. The van der Waals surface area contributed by atoms with Crippen LogP contribution in [0.2, 0.25) is 0 Å². The summed E-state index contributed by atoms with van der Waals surface area (Å²) < 4.78 is 56.8. The molecule has 3 aromatic carbocycles. The van der Waals surface area contributed by atoms with Gasteiger partial charge in [-0.15, -0.1) is 0 Å². The first kappa shape index (κ1) is 27.5. The number of ether oxygens (including phenoxy) is 2. The summed E-state index contributed by atoms with van der Waals surface area (Å²) in [5.41, 5.74) is 5.63. The van der Waals surface area contributed by atoms with Crippen LogP contribution >= 0.6 is 0 Å². The van der Waals surface area contributed by atoms with Crippen LogP contribution in [0.5, 0.6) is 17.2 Å². The van der Waals surface area contributed by atoms with Crippen LogP contribution < -0.4 is 19.4 Å². The number of likely N-dealkylation sites (N-methyl/N-ethyl adjacent to an activating group) is 1. The lowest BCUT2D eigenvalue weighted by atomic mass is 9.81. The van der Waals surface area contributed by atoms with Gasteiger partial charge in [0.15, 0.2) is 16.4 Å². The largest absolute Gasteiger partial charge is 0.497 e. The highest BCUT2D eigenvalue weighted by atomic mass is 32.2. The fourth-order valence-electron chi connectivity index (χ4n) is 4.50. The normalized spacial score (nSPS) is 16.8. The van der Waals surface area contributed by atoms with Crippen LogP contribution in [0.3, 0.4) is 0 Å². The Morgan fingerprint density at radius 1 is 0.902 bits per heavy atom. The fourth-order valence-corrected chi connectivity index (χ4v) is 5.61. The maximum atomic E-state index is 14.9. The molecule has 1 unspecified atom stereocenters. The Morgan fingerprint density at radius 2 is 1.56 bits per heavy atom. The van der Waals surface area contributed by atoms with Crippen molar-refractivity contribution in [1.82, 2.24) is 14.9 Å². The predicted octanol–water partition coefficient (Wildman–Crippen LogP) is 3.10. The SMILES string of the molecule is COc1ccc(OC)c(S(=O)(=O)Oc2ccc(C3(c4ccc(F)c(-c5cncnc5)c4)N=C(N)N(C)C3=O)cc2)c1. The van der Waals surface area contributed by atoms with Gasteiger partial charge in [0.25, 0.3) is 5.91 Å². The number of carbonyl (C=O) groups is 1. The summed E-state index contributed by atoms with van der Waals surface area (Å²) in [7, 11) is -0.121. The van der Waals surface area contributed by atoms with Crippen LogP contribution in [-0.4, -0.2) is 56.4 Å². The number of guanidine groups is 1. The smallest absolute Gasteiger partial charge is 0.343 e. The maximum Gasteiger partial charge on any atom is 0.343 e. The molecule has 2 N–H and O–H groups in total. The molecule has 0 aliphatic carbocycles. The Bertz CT molecular complexity index is 1770. The first-order valence-electron chi connectivity index (χ1n) is 12.1. The Balaban J connectivity index is 1.56. The molecule has 210 valence electrons. The summed E-state index contributed by atoms with van der Waals surface area (Å²) in [6.45, 7) is 0. The van der Waals surface area contributed by atoms with Gasteiger partial charge in [-0.3, -0.25) is 9.69 Å². The summed E-state index contributed by atoms with van der Waals surface area (Å²) in [4.78, 5) is 27.0. The molecule has 0 fully saturated rings. The molecule has 1 aliphatic rings. The van der Waals surface area contributed by atoms with Crippen molar-refractivity contribution in [3.05, 3.63) is 96.3 Å². The molecule has 1 aromatic heterocycles. The number of hydrogen-bond donors (Lipinski definition) is 1. The highest BCUT2D eigenvalue weighted by molar-refractivity contribution is 7.87. The molecule has 0 bridgehead atoms. The van der Waals surface area contributed by atoms with Crippen molar-refractivity contribution >= 4 is 22.0 Å². The summed E-state index contributed by atoms with van der Waals surface area (Å²) >= 11 is 0. The van der Waals surface area contributed by atoms with Gasteiger partial charge >= 0.3 is 10.1 Å². The van der Waals surface area contributed by atoms with Gasteiger partial charge in [-0.25, -0.2) is 19.4 Å². The number of halogens is 1. The topological polar surface area (TPSA) is 146 Å². The Labute approximate surface area is 235 Å². The summed E-state index contributed by atoms with van der Waals surface area (Å²) in [5.74, 6) is -0.745. The zero-order valence-corrected chi connectivity index (χ0v) is 22.9. The van der Waals surface area contributed by atoms with E-state index in [9.17, 15) is 17.6 Å². The molecule has 13 heteroatoms. The molecule has 41 heavy (non-hydrogen) atoms. The van der Waals surface area contributed by atoms with Gasteiger partial charge in [-0.2, -0.15) is 8.42 Å². The first-order valence-corrected chi connectivity index (χ1v) is 13.5. The first-order chi connectivity index (χ1) is 19.6. The van der Waals surface area contributed by atoms with Crippen molar-refractivity contribution in [2.75, 3.05) is 21.3 Å². The molecule has 1 atom stereocenters. The summed E-state index contributed by atoms with van der Waals surface area (Å²) in [6.07, 6.45) is 4.22. The average molecular weight is 578 g/mol. The molecule has 0 spiro atoms. The fraction of sp³-hybridized carbons (Fsp3) is 0.143. The van der Waals surface area contributed by atoms with Gasteiger partial charge in [-0.05, 0) is 47.5 Å². The van der Waals surface area contributed by atoms with E-state index in [-0.39, 0.29) is 27.9 Å². The van der Waals surface area contributed by atoms with Crippen molar-refractivity contribution in [2.45, 2.75) is 10.4 Å². The quantitative estimate of drug-likeness (QED) is 0.312. The highest BCUT2D eigenvalue weighted by Crippen LogP contribution is 2.42. The number of aliphatic imine (C=N–C) groups is 1. The van der Waals surface area contributed by atoms with E-state index in [1.54, 1.807) is 6.07 Å². The molecule has 0 radical (unpaired) electrons. The van der Waals surface area contributed by atoms with E-state index in [0.29, 0.717) is 22.4 Å². The van der Waals surface area contributed by atoms with Crippen LogP contribution in [0, 0.1) is 5.82 Å². The van der Waals surface area contributed by atoms with E-state index in [2.05, 4.69) is 15.0 Å². The number of methoxy groups -OCH3 is 2. The highest BCUT2D eigenvalue weighted by Gasteiger charge is 2.49. The monoisotopic (exact) mass is 577 g/mol. The molecule has 2 heterocycles. The van der Waals surface area contributed by atoms with Crippen molar-refractivity contribution in [1.29, 1.82) is 0 Å². The molecule has 5 rings (SSSR count). The molecular weight excluding hydrogens is 553 g/mol. The minimum Gasteiger partial charge on any atom is -0.497 e. The van der Waals surface area contributed by atoms with Crippen molar-refractivity contribution in [3.63, 3.8) is 0 Å². The van der Waals surface area contributed by atoms with Crippen molar-refractivity contribution < 1.29 is 31.3 Å². The molecule has 1 amide bonds. The van der Waals surface area contributed by atoms with Crippen LogP contribution in [0.25, 0.3) is 11.1 Å². The minimum absolute atomic E-state index is 0.0363. The minimum atomic E-state index is -4.34. The molecule has 0 saturated heterocycles. The van der Waals surface area contributed by atoms with Gasteiger partial charge in [-0.1, -0.05) is 18.2 Å². The third kappa shape index (κ3) is 4.80. The van der Waals surface area contributed by atoms with Gasteiger partial charge < -0.3 is 19.4 Å². The molecule has 1 aliphatic heterocycles. The lowest BCUT2D eigenvalue weighted by Gasteiger charge is -2.27. The second kappa shape index (κ2) is 10.5. The lowest BCUT2D eigenvalue weighted by molar-refractivity contribution is -0.129. The molecule has 0 saturated carbocycles. The number of nitrogens with zero attached hydrogens (tertiary/aromatic N) is 4. The number of rotatable bonds is 8. The Morgan fingerprint density at radius 3 is 2.17 bits per heavy atom. The third-order valence-electron chi connectivity index (χ3n) is 6.61. The number of carbonyl (C=O) groups excluding carboxylic acids is 1. The van der Waals surface area contributed by atoms with E-state index in [1.165, 1.54) is 99.5 Å². The maximum absolute atomic E-state index is 14.9. The summed E-state index contributed by atoms with van der Waals surface area (Å²) in [5, 5.41) is 0. The van der Waals surface area contributed by atoms with Gasteiger partial charge in [0, 0.05) is 36.6 Å². The van der Waals surface area contributed by atoms with Gasteiger partial charge in [0.1, 0.15) is 29.4 Å². The average Bonchev–Trinajstić information content (AvgIpc) is 3.22. The number of aromatic nitrogens is 2. The number of hydrogen-bond acceptors (Lipinski definition) is 10. The zero-order valence-electron chi connectivity index (χ0n) is 22.1. The van der Waals surface area contributed by atoms with E-state index < -0.39 is 27.4 Å². The number of amides is 1. The zero-order chi connectivity index (χ0) is 29.4. The standard InChI is InChI=1S/C28H24FN5O6S/c1-34-26(35)28(33-27(34)30,19-6-10-23(29)22(12-19)17-14-31-16-32-15-17)18-4-7-20(8-5-18)40-41(36,37)25-13-21(38-2)9-11-24(25)39-3/h4-16H,1-3H3,(H2,30,33). The van der Waals surface area contributed by atoms with Crippen LogP contribution in [-0.2, 0) is 20.5 Å². The van der Waals surface area contributed by atoms with Crippen LogP contribution in [0.4, 0.5) is 4.39 Å². The van der Waals surface area contributed by atoms with Gasteiger partial charge in [0.05, 0.1) is 14.2 Å². The van der Waals surface area contributed by atoms with E-state index >= 15 is 0 Å². The summed E-state index contributed by atoms with van der Waals surface area (Å²) in [6, 6.07) is 14.2. The molecule has 11 nitrogen and oxygen atoms in total.